The van der Waals surface area contributed by atoms with Crippen LogP contribution in [0.25, 0.3) is 0 Å². The number of benzene rings is 1. The molecular formula is C15H25N3O3. The van der Waals surface area contributed by atoms with E-state index in [1.54, 1.807) is 25.3 Å². The number of nitrogens with two attached hydrogens (primary N) is 1. The molecular weight excluding hydrogens is 270 g/mol. The summed E-state index contributed by atoms with van der Waals surface area (Å²) in [5.41, 5.74) is 6.86. The molecule has 6 heteroatoms. The highest BCUT2D eigenvalue weighted by Crippen LogP contribution is 2.26. The second kappa shape index (κ2) is 8.49. The zero-order valence-electron chi connectivity index (χ0n) is 12.9. The van der Waals surface area contributed by atoms with Gasteiger partial charge in [0.15, 0.2) is 0 Å². The van der Waals surface area contributed by atoms with Crippen molar-refractivity contribution in [2.45, 2.75) is 26.3 Å². The van der Waals surface area contributed by atoms with Crippen molar-refractivity contribution in [3.63, 3.8) is 0 Å². The number of rotatable bonds is 8. The number of methoxy groups -OCH3 is 1. The molecule has 1 amide bonds. The summed E-state index contributed by atoms with van der Waals surface area (Å²) in [6.07, 6.45) is 0.646. The van der Waals surface area contributed by atoms with Crippen LogP contribution in [0.3, 0.4) is 0 Å². The van der Waals surface area contributed by atoms with Gasteiger partial charge >= 0.3 is 0 Å². The van der Waals surface area contributed by atoms with Crippen LogP contribution in [0, 0.1) is 0 Å². The zero-order valence-corrected chi connectivity index (χ0v) is 12.9. The monoisotopic (exact) mass is 295 g/mol. The van der Waals surface area contributed by atoms with Gasteiger partial charge in [0, 0.05) is 18.8 Å². The van der Waals surface area contributed by atoms with E-state index in [0.717, 1.165) is 6.54 Å². The van der Waals surface area contributed by atoms with Gasteiger partial charge in [-0.1, -0.05) is 6.92 Å². The molecule has 0 heterocycles. The van der Waals surface area contributed by atoms with E-state index in [1.165, 1.54) is 0 Å². The molecule has 1 atom stereocenters. The molecule has 4 N–H and O–H groups in total. The quantitative estimate of drug-likeness (QED) is 0.629. The van der Waals surface area contributed by atoms with Crippen molar-refractivity contribution >= 4 is 17.3 Å². The summed E-state index contributed by atoms with van der Waals surface area (Å²) in [7, 11) is 1.55. The van der Waals surface area contributed by atoms with Gasteiger partial charge in [0.05, 0.1) is 18.8 Å². The third-order valence-corrected chi connectivity index (χ3v) is 3.42. The highest BCUT2D eigenvalue weighted by Gasteiger charge is 2.20. The minimum atomic E-state index is -0.298. The van der Waals surface area contributed by atoms with Gasteiger partial charge in [-0.2, -0.15) is 0 Å². The summed E-state index contributed by atoms with van der Waals surface area (Å²) < 4.78 is 5.22. The molecule has 0 saturated heterocycles. The van der Waals surface area contributed by atoms with Crippen LogP contribution in [0.1, 0.15) is 20.3 Å². The fourth-order valence-electron chi connectivity index (χ4n) is 2.13. The van der Waals surface area contributed by atoms with Crippen LogP contribution < -0.4 is 15.8 Å². The number of nitrogens with one attached hydrogen (secondary N) is 1. The minimum absolute atomic E-state index is 0.119. The SMILES string of the molecule is CCN(CCCO)C(C)C(=O)Nc1cc(N)ccc1OC. The van der Waals surface area contributed by atoms with Gasteiger partial charge in [0.1, 0.15) is 5.75 Å². The molecule has 0 saturated carbocycles. The van der Waals surface area contributed by atoms with Crippen LogP contribution in [0.4, 0.5) is 11.4 Å². The van der Waals surface area contributed by atoms with E-state index in [1.807, 2.05) is 18.7 Å². The van der Waals surface area contributed by atoms with E-state index in [-0.39, 0.29) is 18.6 Å². The number of hydrogen-bond acceptors (Lipinski definition) is 5. The fourth-order valence-corrected chi connectivity index (χ4v) is 2.13. The molecule has 118 valence electrons. The maximum Gasteiger partial charge on any atom is 0.241 e. The Bertz CT molecular complexity index is 465. The molecule has 0 spiro atoms. The molecule has 1 aromatic carbocycles. The molecule has 1 unspecified atom stereocenters. The van der Waals surface area contributed by atoms with Crippen LogP contribution >= 0.6 is 0 Å². The Morgan fingerprint density at radius 1 is 1.52 bits per heavy atom. The Hall–Kier alpha value is -1.79. The standard InChI is InChI=1S/C15H25N3O3/c1-4-18(8-5-9-19)11(2)15(20)17-13-10-12(16)6-7-14(13)21-3/h6-7,10-11,19H,4-5,8-9,16H2,1-3H3,(H,17,20). The summed E-state index contributed by atoms with van der Waals surface area (Å²) in [5, 5.41) is 11.8. The number of likely N-dealkylation sites (N-methyl/N-ethyl adjacent to an activating group) is 1. The second-order valence-corrected chi connectivity index (χ2v) is 4.83. The molecule has 0 aliphatic heterocycles. The summed E-state index contributed by atoms with van der Waals surface area (Å²) in [5.74, 6) is 0.446. The van der Waals surface area contributed by atoms with Gasteiger partial charge in [-0.25, -0.2) is 0 Å². The van der Waals surface area contributed by atoms with E-state index in [4.69, 9.17) is 15.6 Å². The van der Waals surface area contributed by atoms with Crippen molar-refractivity contribution in [2.24, 2.45) is 0 Å². The normalized spacial score (nSPS) is 12.2. The molecule has 1 aromatic rings. The Morgan fingerprint density at radius 2 is 2.24 bits per heavy atom. The number of hydrogen-bond donors (Lipinski definition) is 3. The summed E-state index contributed by atoms with van der Waals surface area (Å²) >= 11 is 0. The van der Waals surface area contributed by atoms with Gasteiger partial charge in [-0.15, -0.1) is 0 Å². The van der Waals surface area contributed by atoms with Gasteiger partial charge in [0.25, 0.3) is 0 Å². The predicted octanol–water partition coefficient (Wildman–Crippen LogP) is 1.31. The van der Waals surface area contributed by atoms with Crippen molar-refractivity contribution in [3.05, 3.63) is 18.2 Å². The first kappa shape index (κ1) is 17.3. The topological polar surface area (TPSA) is 87.8 Å². The minimum Gasteiger partial charge on any atom is -0.495 e. The Morgan fingerprint density at radius 3 is 2.81 bits per heavy atom. The van der Waals surface area contributed by atoms with Crippen molar-refractivity contribution in [1.29, 1.82) is 0 Å². The van der Waals surface area contributed by atoms with Crippen LogP contribution in [0.5, 0.6) is 5.75 Å². The van der Waals surface area contributed by atoms with Crippen LogP contribution in [-0.4, -0.2) is 48.8 Å². The first-order valence-electron chi connectivity index (χ1n) is 7.12. The van der Waals surface area contributed by atoms with Crippen molar-refractivity contribution in [3.8, 4) is 5.75 Å². The van der Waals surface area contributed by atoms with Crippen molar-refractivity contribution < 1.29 is 14.6 Å². The lowest BCUT2D eigenvalue weighted by Crippen LogP contribution is -2.42. The number of amides is 1. The average Bonchev–Trinajstić information content (AvgIpc) is 2.48. The van der Waals surface area contributed by atoms with Crippen LogP contribution in [0.15, 0.2) is 18.2 Å². The number of aliphatic hydroxyl groups is 1. The number of anilines is 2. The Labute approximate surface area is 125 Å². The van der Waals surface area contributed by atoms with Crippen LogP contribution in [-0.2, 0) is 4.79 Å². The fraction of sp³-hybridized carbons (Fsp3) is 0.533. The molecule has 0 bridgehead atoms. The lowest BCUT2D eigenvalue weighted by atomic mass is 10.2. The maximum absolute atomic E-state index is 12.3. The second-order valence-electron chi connectivity index (χ2n) is 4.83. The highest BCUT2D eigenvalue weighted by molar-refractivity contribution is 5.96. The van der Waals surface area contributed by atoms with Gasteiger partial charge < -0.3 is 20.9 Å². The van der Waals surface area contributed by atoms with Crippen molar-refractivity contribution in [2.75, 3.05) is 37.9 Å². The lowest BCUT2D eigenvalue weighted by molar-refractivity contribution is -0.120. The molecule has 0 aliphatic carbocycles. The summed E-state index contributed by atoms with van der Waals surface area (Å²) in [6.45, 7) is 5.36. The first-order valence-corrected chi connectivity index (χ1v) is 7.12. The molecule has 21 heavy (non-hydrogen) atoms. The summed E-state index contributed by atoms with van der Waals surface area (Å²) in [4.78, 5) is 14.3. The Balaban J connectivity index is 2.77. The molecule has 0 radical (unpaired) electrons. The third-order valence-electron chi connectivity index (χ3n) is 3.42. The zero-order chi connectivity index (χ0) is 15.8. The van der Waals surface area contributed by atoms with E-state index in [2.05, 4.69) is 5.32 Å². The first-order chi connectivity index (χ1) is 10.0. The number of nitrogens with zero attached hydrogens (tertiary/aromatic N) is 1. The van der Waals surface area contributed by atoms with E-state index in [9.17, 15) is 4.79 Å². The molecule has 0 aliphatic rings. The van der Waals surface area contributed by atoms with E-state index >= 15 is 0 Å². The third kappa shape index (κ3) is 4.91. The van der Waals surface area contributed by atoms with Crippen LogP contribution in [0.2, 0.25) is 0 Å². The van der Waals surface area contributed by atoms with E-state index < -0.39 is 0 Å². The molecule has 6 nitrogen and oxygen atoms in total. The van der Waals surface area contributed by atoms with E-state index in [0.29, 0.717) is 30.1 Å². The molecule has 0 fully saturated rings. The number of nitrogen functional groups attached to an aromatic ring is 1. The van der Waals surface area contributed by atoms with Gasteiger partial charge in [-0.3, -0.25) is 9.69 Å². The largest absolute Gasteiger partial charge is 0.495 e. The highest BCUT2D eigenvalue weighted by atomic mass is 16.5. The van der Waals surface area contributed by atoms with Gasteiger partial charge in [0.2, 0.25) is 5.91 Å². The maximum atomic E-state index is 12.3. The molecule has 1 rings (SSSR count). The molecule has 0 aromatic heterocycles. The Kier molecular flexibility index (Phi) is 6.98. The number of aliphatic hydroxyl groups excluding tert-OH is 1. The van der Waals surface area contributed by atoms with Gasteiger partial charge in [-0.05, 0) is 38.1 Å². The predicted molar refractivity (Wildman–Crippen MR) is 84.4 cm³/mol. The smallest absolute Gasteiger partial charge is 0.241 e. The number of carbonyl (C=O) groups is 1. The number of carbonyl (C=O) groups excluding carboxylic acids is 1. The summed E-state index contributed by atoms with van der Waals surface area (Å²) in [6, 6.07) is 4.82. The lowest BCUT2D eigenvalue weighted by Gasteiger charge is -2.26. The number of ether oxygens (including phenoxy) is 1. The van der Waals surface area contributed by atoms with Crippen molar-refractivity contribution in [1.82, 2.24) is 4.90 Å². The average molecular weight is 295 g/mol.